The fraction of sp³-hybridized carbons (Fsp3) is 0.562. The van der Waals surface area contributed by atoms with Crippen LogP contribution in [0.15, 0.2) is 18.3 Å². The Balaban J connectivity index is 1.87. The lowest BCUT2D eigenvalue weighted by Crippen LogP contribution is -2.46. The molecule has 1 amide bonds. The van der Waals surface area contributed by atoms with Crippen molar-refractivity contribution in [2.45, 2.75) is 50.4 Å². The van der Waals surface area contributed by atoms with Crippen LogP contribution in [0.5, 0.6) is 0 Å². The SMILES string of the molecule is O=C(O)[C@@H]1C[C@H]2CCCC[C@H]2N1C(=O)c1ccc(C(F)(F)F)nc1. The van der Waals surface area contributed by atoms with Crippen LogP contribution in [0.3, 0.4) is 0 Å². The molecule has 1 aliphatic carbocycles. The van der Waals surface area contributed by atoms with Crippen LogP contribution in [0.25, 0.3) is 0 Å². The van der Waals surface area contributed by atoms with Crippen LogP contribution < -0.4 is 0 Å². The first kappa shape index (κ1) is 16.7. The number of halogens is 3. The van der Waals surface area contributed by atoms with E-state index in [4.69, 9.17) is 0 Å². The van der Waals surface area contributed by atoms with E-state index >= 15 is 0 Å². The van der Waals surface area contributed by atoms with Crippen molar-refractivity contribution in [3.05, 3.63) is 29.6 Å². The molecule has 24 heavy (non-hydrogen) atoms. The van der Waals surface area contributed by atoms with E-state index < -0.39 is 29.8 Å². The van der Waals surface area contributed by atoms with Crippen molar-refractivity contribution in [1.29, 1.82) is 0 Å². The van der Waals surface area contributed by atoms with Crippen molar-refractivity contribution in [3.63, 3.8) is 0 Å². The van der Waals surface area contributed by atoms with Gasteiger partial charge in [-0.1, -0.05) is 12.8 Å². The smallest absolute Gasteiger partial charge is 0.433 e. The zero-order valence-electron chi connectivity index (χ0n) is 12.8. The Morgan fingerprint density at radius 3 is 2.50 bits per heavy atom. The minimum Gasteiger partial charge on any atom is -0.480 e. The average molecular weight is 342 g/mol. The van der Waals surface area contributed by atoms with Crippen molar-refractivity contribution >= 4 is 11.9 Å². The van der Waals surface area contributed by atoms with Crippen LogP contribution in [-0.4, -0.2) is 39.0 Å². The first-order valence-electron chi connectivity index (χ1n) is 7.87. The summed E-state index contributed by atoms with van der Waals surface area (Å²) in [6.07, 6.45) is 0.241. The summed E-state index contributed by atoms with van der Waals surface area (Å²) in [5.41, 5.74) is -1.09. The summed E-state index contributed by atoms with van der Waals surface area (Å²) in [6.45, 7) is 0. The van der Waals surface area contributed by atoms with Gasteiger partial charge in [0.1, 0.15) is 11.7 Å². The van der Waals surface area contributed by atoms with E-state index in [0.717, 1.165) is 44.0 Å². The van der Waals surface area contributed by atoms with Crippen molar-refractivity contribution < 1.29 is 27.9 Å². The zero-order chi connectivity index (χ0) is 17.5. The maximum atomic E-state index is 12.7. The summed E-state index contributed by atoms with van der Waals surface area (Å²) in [4.78, 5) is 28.9. The van der Waals surface area contributed by atoms with E-state index in [1.807, 2.05) is 0 Å². The first-order valence-corrected chi connectivity index (χ1v) is 7.87. The number of likely N-dealkylation sites (tertiary alicyclic amines) is 1. The van der Waals surface area contributed by atoms with Gasteiger partial charge < -0.3 is 10.0 Å². The van der Waals surface area contributed by atoms with Gasteiger partial charge >= 0.3 is 12.1 Å². The number of aliphatic carboxylic acids is 1. The molecule has 8 heteroatoms. The number of hydrogen-bond donors (Lipinski definition) is 1. The van der Waals surface area contributed by atoms with Crippen LogP contribution in [0, 0.1) is 5.92 Å². The Bertz CT molecular complexity index is 645. The summed E-state index contributed by atoms with van der Waals surface area (Å²) in [6, 6.07) is 0.729. The molecule has 3 atom stereocenters. The molecule has 0 spiro atoms. The van der Waals surface area contributed by atoms with Crippen molar-refractivity contribution in [1.82, 2.24) is 9.88 Å². The van der Waals surface area contributed by atoms with Crippen LogP contribution in [0.1, 0.15) is 48.2 Å². The van der Waals surface area contributed by atoms with Crippen molar-refractivity contribution in [2.75, 3.05) is 0 Å². The summed E-state index contributed by atoms with van der Waals surface area (Å²) in [5.74, 6) is -1.48. The second-order valence-electron chi connectivity index (χ2n) is 6.34. The van der Waals surface area contributed by atoms with Gasteiger partial charge in [0.15, 0.2) is 0 Å². The lowest BCUT2D eigenvalue weighted by atomic mass is 9.84. The normalized spacial score (nSPS) is 27.0. The summed E-state index contributed by atoms with van der Waals surface area (Å²) in [5, 5.41) is 9.42. The molecule has 1 saturated heterocycles. The van der Waals surface area contributed by atoms with Gasteiger partial charge in [0.2, 0.25) is 0 Å². The molecule has 0 unspecified atom stereocenters. The lowest BCUT2D eigenvalue weighted by Gasteiger charge is -2.33. The van der Waals surface area contributed by atoms with Gasteiger partial charge in [-0.25, -0.2) is 4.79 Å². The lowest BCUT2D eigenvalue weighted by molar-refractivity contribution is -0.142. The highest BCUT2D eigenvalue weighted by atomic mass is 19.4. The second kappa shape index (κ2) is 6.07. The maximum Gasteiger partial charge on any atom is 0.433 e. The Labute approximate surface area is 136 Å². The van der Waals surface area contributed by atoms with Crippen LogP contribution in [0.4, 0.5) is 13.2 Å². The number of alkyl halides is 3. The Hall–Kier alpha value is -2.12. The quantitative estimate of drug-likeness (QED) is 0.897. The number of amides is 1. The van der Waals surface area contributed by atoms with Gasteiger partial charge in [-0.15, -0.1) is 0 Å². The number of carboxylic acids is 1. The average Bonchev–Trinajstić information content (AvgIpc) is 2.93. The van der Waals surface area contributed by atoms with Crippen molar-refractivity contribution in [3.8, 4) is 0 Å². The molecule has 3 rings (SSSR count). The summed E-state index contributed by atoms with van der Waals surface area (Å²) in [7, 11) is 0. The molecule has 1 aromatic rings. The van der Waals surface area contributed by atoms with E-state index in [0.29, 0.717) is 6.42 Å². The number of hydrogen-bond acceptors (Lipinski definition) is 3. The second-order valence-corrected chi connectivity index (χ2v) is 6.34. The monoisotopic (exact) mass is 342 g/mol. The molecular formula is C16H17F3N2O3. The fourth-order valence-corrected chi connectivity index (χ4v) is 3.81. The number of carbonyl (C=O) groups is 2. The molecule has 2 fully saturated rings. The van der Waals surface area contributed by atoms with E-state index in [-0.39, 0.29) is 17.5 Å². The Kier molecular flexibility index (Phi) is 4.23. The molecule has 1 aliphatic heterocycles. The van der Waals surface area contributed by atoms with Gasteiger partial charge in [0.25, 0.3) is 5.91 Å². The summed E-state index contributed by atoms with van der Waals surface area (Å²) >= 11 is 0. The Morgan fingerprint density at radius 1 is 1.21 bits per heavy atom. The van der Waals surface area contributed by atoms with Gasteiger partial charge in [-0.3, -0.25) is 9.78 Å². The number of fused-ring (bicyclic) bond motifs is 1. The number of nitrogens with zero attached hydrogens (tertiary/aromatic N) is 2. The predicted molar refractivity (Wildman–Crippen MR) is 77.2 cm³/mol. The first-order chi connectivity index (χ1) is 11.3. The number of carboxylic acid groups (broad SMARTS) is 1. The van der Waals surface area contributed by atoms with Gasteiger partial charge in [-0.2, -0.15) is 13.2 Å². The fourth-order valence-electron chi connectivity index (χ4n) is 3.81. The zero-order valence-corrected chi connectivity index (χ0v) is 12.8. The predicted octanol–water partition coefficient (Wildman–Crippen LogP) is 2.96. The Morgan fingerprint density at radius 2 is 1.92 bits per heavy atom. The molecule has 5 nitrogen and oxygen atoms in total. The third kappa shape index (κ3) is 2.97. The maximum absolute atomic E-state index is 12.7. The minimum atomic E-state index is -4.58. The van der Waals surface area contributed by atoms with E-state index in [2.05, 4.69) is 4.98 Å². The van der Waals surface area contributed by atoms with Gasteiger partial charge in [-0.05, 0) is 37.3 Å². The molecule has 1 saturated carbocycles. The highest BCUT2D eigenvalue weighted by Crippen LogP contribution is 2.40. The number of rotatable bonds is 2. The molecule has 1 aromatic heterocycles. The number of aromatic nitrogens is 1. The van der Waals surface area contributed by atoms with Gasteiger partial charge in [0.05, 0.1) is 5.56 Å². The molecule has 130 valence electrons. The van der Waals surface area contributed by atoms with Crippen LogP contribution in [0.2, 0.25) is 0 Å². The van der Waals surface area contributed by atoms with Gasteiger partial charge in [0, 0.05) is 12.2 Å². The molecular weight excluding hydrogens is 325 g/mol. The topological polar surface area (TPSA) is 70.5 Å². The van der Waals surface area contributed by atoms with Crippen LogP contribution in [-0.2, 0) is 11.0 Å². The highest BCUT2D eigenvalue weighted by Gasteiger charge is 2.47. The van der Waals surface area contributed by atoms with E-state index in [1.54, 1.807) is 0 Å². The van der Waals surface area contributed by atoms with E-state index in [9.17, 15) is 27.9 Å². The standard InChI is InChI=1S/C16H17F3N2O3/c17-16(18,19)13-6-5-10(8-20-13)14(22)21-11-4-2-1-3-9(11)7-12(21)15(23)24/h5-6,8-9,11-12H,1-4,7H2,(H,23,24)/t9-,11-,12+/m1/s1. The molecule has 2 aliphatic rings. The third-order valence-corrected chi connectivity index (χ3v) is 4.91. The van der Waals surface area contributed by atoms with Crippen molar-refractivity contribution in [2.24, 2.45) is 5.92 Å². The molecule has 0 bridgehead atoms. The third-order valence-electron chi connectivity index (χ3n) is 4.91. The molecule has 0 aromatic carbocycles. The minimum absolute atomic E-state index is 0.0135. The largest absolute Gasteiger partial charge is 0.480 e. The number of carbonyl (C=O) groups excluding carboxylic acids is 1. The summed E-state index contributed by atoms with van der Waals surface area (Å²) < 4.78 is 37.7. The van der Waals surface area contributed by atoms with E-state index in [1.165, 1.54) is 4.90 Å². The number of pyridine rings is 1. The molecule has 1 N–H and O–H groups in total. The highest BCUT2D eigenvalue weighted by molar-refractivity contribution is 5.97. The van der Waals surface area contributed by atoms with Crippen LogP contribution >= 0.6 is 0 Å². The molecule has 2 heterocycles. The molecule has 0 radical (unpaired) electrons.